The van der Waals surface area contributed by atoms with Crippen molar-refractivity contribution in [3.05, 3.63) is 22.5 Å². The van der Waals surface area contributed by atoms with Crippen molar-refractivity contribution in [3.63, 3.8) is 0 Å². The van der Waals surface area contributed by atoms with E-state index in [0.29, 0.717) is 29.9 Å². The van der Waals surface area contributed by atoms with Crippen LogP contribution in [0.15, 0.2) is 4.52 Å². The summed E-state index contributed by atoms with van der Waals surface area (Å²) < 4.78 is 5.33. The zero-order valence-electron chi connectivity index (χ0n) is 16.7. The van der Waals surface area contributed by atoms with Gasteiger partial charge in [-0.25, -0.2) is 4.98 Å². The number of hydrogen-bond donors (Lipinski definition) is 2. The molecule has 1 fully saturated rings. The van der Waals surface area contributed by atoms with Gasteiger partial charge in [-0.1, -0.05) is 5.16 Å². The number of carbonyl (C=O) groups excluding carboxylic acids is 2. The molecule has 1 aliphatic carbocycles. The first-order chi connectivity index (χ1) is 13.5. The van der Waals surface area contributed by atoms with E-state index >= 15 is 0 Å². The van der Waals surface area contributed by atoms with Crippen LogP contribution in [0.5, 0.6) is 0 Å². The van der Waals surface area contributed by atoms with Crippen LogP contribution in [0.3, 0.4) is 0 Å². The quantitative estimate of drug-likeness (QED) is 0.806. The van der Waals surface area contributed by atoms with Gasteiger partial charge >= 0.3 is 0 Å². The maximum atomic E-state index is 13.1. The largest absolute Gasteiger partial charge is 0.359 e. The predicted molar refractivity (Wildman–Crippen MR) is 104 cm³/mol. The van der Waals surface area contributed by atoms with Crippen LogP contribution in [0.25, 0.3) is 11.1 Å². The Morgan fingerprint density at radius 1 is 1.25 bits per heavy atom. The molecule has 0 radical (unpaired) electrons. The number of nitrogens with zero attached hydrogens (tertiary/aromatic N) is 3. The Morgan fingerprint density at radius 2 is 2.04 bits per heavy atom. The molecule has 4 rings (SSSR count). The maximum Gasteiger partial charge on any atom is 0.259 e. The van der Waals surface area contributed by atoms with Gasteiger partial charge in [-0.3, -0.25) is 14.5 Å². The van der Waals surface area contributed by atoms with Crippen molar-refractivity contribution in [2.24, 2.45) is 0 Å². The summed E-state index contributed by atoms with van der Waals surface area (Å²) in [5, 5.41) is 10.5. The Labute approximate surface area is 164 Å². The summed E-state index contributed by atoms with van der Waals surface area (Å²) in [6, 6.07) is 0.451. The smallest absolute Gasteiger partial charge is 0.259 e. The van der Waals surface area contributed by atoms with Gasteiger partial charge in [0.2, 0.25) is 5.91 Å². The molecule has 3 heterocycles. The maximum absolute atomic E-state index is 13.1. The summed E-state index contributed by atoms with van der Waals surface area (Å²) in [6.45, 7) is 2.41. The summed E-state index contributed by atoms with van der Waals surface area (Å²) in [5.74, 6) is -0.0285. The van der Waals surface area contributed by atoms with E-state index in [1.807, 2.05) is 14.0 Å². The van der Waals surface area contributed by atoms with Crippen LogP contribution in [0.4, 0.5) is 0 Å². The predicted octanol–water partition coefficient (Wildman–Crippen LogP) is 1.35. The number of likely N-dealkylation sites (tertiary alicyclic amines) is 1. The number of carbonyl (C=O) groups is 2. The lowest BCUT2D eigenvalue weighted by Crippen LogP contribution is -2.42. The van der Waals surface area contributed by atoms with Crippen LogP contribution in [-0.4, -0.2) is 59.6 Å². The summed E-state index contributed by atoms with van der Waals surface area (Å²) >= 11 is 0. The molecular weight excluding hydrogens is 358 g/mol. The molecule has 2 aromatic heterocycles. The van der Waals surface area contributed by atoms with Crippen LogP contribution in [-0.2, 0) is 17.6 Å². The number of rotatable bonds is 5. The van der Waals surface area contributed by atoms with Gasteiger partial charge in [-0.15, -0.1) is 0 Å². The Hall–Kier alpha value is -2.48. The van der Waals surface area contributed by atoms with Gasteiger partial charge in [0.15, 0.2) is 0 Å². The second-order valence-corrected chi connectivity index (χ2v) is 7.85. The zero-order chi connectivity index (χ0) is 19.8. The molecule has 2 N–H and O–H groups in total. The van der Waals surface area contributed by atoms with Crippen molar-refractivity contribution >= 4 is 22.9 Å². The monoisotopic (exact) mass is 385 g/mol. The highest BCUT2D eigenvalue weighted by molar-refractivity contribution is 6.07. The van der Waals surface area contributed by atoms with Crippen LogP contribution < -0.4 is 10.6 Å². The second kappa shape index (κ2) is 7.50. The molecule has 8 nitrogen and oxygen atoms in total. The molecule has 28 heavy (non-hydrogen) atoms. The van der Waals surface area contributed by atoms with Crippen LogP contribution in [0.2, 0.25) is 0 Å². The Morgan fingerprint density at radius 3 is 2.82 bits per heavy atom. The molecular formula is C20H27N5O3. The third kappa shape index (κ3) is 3.26. The van der Waals surface area contributed by atoms with Gasteiger partial charge in [0, 0.05) is 37.8 Å². The third-order valence-electron chi connectivity index (χ3n) is 6.23. The van der Waals surface area contributed by atoms with Crippen LogP contribution in [0, 0.1) is 6.92 Å². The molecule has 8 heteroatoms. The van der Waals surface area contributed by atoms with Crippen molar-refractivity contribution < 1.29 is 14.1 Å². The number of aryl methyl sites for hydroxylation is 2. The molecule has 2 amide bonds. The molecule has 150 valence electrons. The van der Waals surface area contributed by atoms with Crippen molar-refractivity contribution in [1.82, 2.24) is 25.7 Å². The number of aromatic nitrogens is 2. The Balaban J connectivity index is 1.50. The average Bonchev–Trinajstić information content (AvgIpc) is 3.39. The van der Waals surface area contributed by atoms with Crippen molar-refractivity contribution in [2.45, 2.75) is 57.5 Å². The van der Waals surface area contributed by atoms with Gasteiger partial charge in [0.25, 0.3) is 11.6 Å². The van der Waals surface area contributed by atoms with E-state index in [2.05, 4.69) is 25.7 Å². The molecule has 0 spiro atoms. The standard InChI is InChI=1S/C20H27N5O3/c1-11-17-18(14-5-4-6-15(14)23-20(17)28-24-11)19(27)22-10-13-8-7-12(25(13)3)9-16(26)21-2/h12-13H,4-10H2,1-3H3,(H,21,26)(H,22,27)/t12-,13+/m1/s1. The number of fused-ring (bicyclic) bond motifs is 2. The number of likely N-dealkylation sites (N-methyl/N-ethyl adjacent to an activating group) is 1. The summed E-state index contributed by atoms with van der Waals surface area (Å²) in [5.41, 5.74) is 3.82. The first-order valence-electron chi connectivity index (χ1n) is 9.98. The topological polar surface area (TPSA) is 100 Å². The lowest BCUT2D eigenvalue weighted by Gasteiger charge is -2.25. The van der Waals surface area contributed by atoms with E-state index < -0.39 is 0 Å². The first-order valence-corrected chi connectivity index (χ1v) is 9.98. The van der Waals surface area contributed by atoms with E-state index in [0.717, 1.165) is 48.7 Å². The molecule has 0 aromatic carbocycles. The van der Waals surface area contributed by atoms with E-state index in [9.17, 15) is 9.59 Å². The van der Waals surface area contributed by atoms with Gasteiger partial charge in [-0.05, 0) is 51.6 Å². The van der Waals surface area contributed by atoms with Crippen molar-refractivity contribution in [3.8, 4) is 0 Å². The fourth-order valence-corrected chi connectivity index (χ4v) is 4.56. The van der Waals surface area contributed by atoms with Gasteiger partial charge in [-0.2, -0.15) is 0 Å². The highest BCUT2D eigenvalue weighted by Crippen LogP contribution is 2.32. The molecule has 2 aliphatic rings. The minimum absolute atomic E-state index is 0.0548. The van der Waals surface area contributed by atoms with E-state index in [-0.39, 0.29) is 23.9 Å². The van der Waals surface area contributed by atoms with Crippen molar-refractivity contribution in [2.75, 3.05) is 20.6 Å². The molecule has 0 saturated carbocycles. The second-order valence-electron chi connectivity index (χ2n) is 7.85. The Bertz CT molecular complexity index is 922. The molecule has 1 saturated heterocycles. The highest BCUT2D eigenvalue weighted by atomic mass is 16.5. The normalized spacial score (nSPS) is 21.8. The van der Waals surface area contributed by atoms with Gasteiger partial charge in [0.1, 0.15) is 0 Å². The third-order valence-corrected chi connectivity index (χ3v) is 6.23. The van der Waals surface area contributed by atoms with Crippen molar-refractivity contribution in [1.29, 1.82) is 0 Å². The van der Waals surface area contributed by atoms with E-state index in [1.54, 1.807) is 7.05 Å². The molecule has 1 aliphatic heterocycles. The molecule has 0 bridgehead atoms. The number of pyridine rings is 1. The summed E-state index contributed by atoms with van der Waals surface area (Å²) in [7, 11) is 3.69. The minimum atomic E-state index is -0.0833. The molecule has 0 unspecified atom stereocenters. The van der Waals surface area contributed by atoms with Gasteiger partial charge in [0.05, 0.1) is 16.6 Å². The lowest BCUT2D eigenvalue weighted by atomic mass is 10.0. The lowest BCUT2D eigenvalue weighted by molar-refractivity contribution is -0.121. The average molecular weight is 385 g/mol. The zero-order valence-corrected chi connectivity index (χ0v) is 16.7. The first kappa shape index (κ1) is 18.9. The Kier molecular flexibility index (Phi) is 5.05. The highest BCUT2D eigenvalue weighted by Gasteiger charge is 2.33. The minimum Gasteiger partial charge on any atom is -0.359 e. The van der Waals surface area contributed by atoms with Crippen LogP contribution >= 0.6 is 0 Å². The number of amides is 2. The van der Waals surface area contributed by atoms with E-state index in [1.165, 1.54) is 0 Å². The summed E-state index contributed by atoms with van der Waals surface area (Å²) in [6.07, 6.45) is 5.17. The summed E-state index contributed by atoms with van der Waals surface area (Å²) in [4.78, 5) is 31.6. The fraction of sp³-hybridized carbons (Fsp3) is 0.600. The molecule has 2 aromatic rings. The SMILES string of the molecule is CNC(=O)C[C@H]1CC[C@@H](CNC(=O)c2c3c(nc4onc(C)c24)CCC3)N1C. The number of nitrogens with one attached hydrogen (secondary N) is 2. The fourth-order valence-electron chi connectivity index (χ4n) is 4.56. The van der Waals surface area contributed by atoms with Gasteiger partial charge < -0.3 is 15.2 Å². The molecule has 2 atom stereocenters. The van der Waals surface area contributed by atoms with E-state index in [4.69, 9.17) is 4.52 Å². The van der Waals surface area contributed by atoms with Crippen LogP contribution in [0.1, 0.15) is 53.0 Å². The number of hydrogen-bond acceptors (Lipinski definition) is 6.